The highest BCUT2D eigenvalue weighted by atomic mass is 16.3. The van der Waals surface area contributed by atoms with Gasteiger partial charge in [-0.1, -0.05) is 0 Å². The topological polar surface area (TPSA) is 69.6 Å². The van der Waals surface area contributed by atoms with E-state index in [-0.39, 0.29) is 24.3 Å². The van der Waals surface area contributed by atoms with Crippen molar-refractivity contribution in [1.29, 1.82) is 0 Å². The van der Waals surface area contributed by atoms with Crippen LogP contribution in [0, 0.1) is 5.92 Å². The van der Waals surface area contributed by atoms with Crippen LogP contribution in [0.15, 0.2) is 0 Å². The number of piperidine rings is 1. The molecule has 0 bridgehead atoms. The second-order valence-electron chi connectivity index (χ2n) is 4.40. The molecule has 5 nitrogen and oxygen atoms in total. The highest BCUT2D eigenvalue weighted by Crippen LogP contribution is 2.16. The van der Waals surface area contributed by atoms with Crippen molar-refractivity contribution in [2.24, 2.45) is 5.92 Å². The summed E-state index contributed by atoms with van der Waals surface area (Å²) in [6, 6.07) is 0. The Labute approximate surface area is 95.8 Å². The summed E-state index contributed by atoms with van der Waals surface area (Å²) in [5, 5.41) is 11.7. The van der Waals surface area contributed by atoms with Gasteiger partial charge in [-0.25, -0.2) is 0 Å². The van der Waals surface area contributed by atoms with Gasteiger partial charge in [-0.15, -0.1) is 0 Å². The lowest BCUT2D eigenvalue weighted by Crippen LogP contribution is -2.45. The van der Waals surface area contributed by atoms with Crippen molar-refractivity contribution in [3.05, 3.63) is 0 Å². The van der Waals surface area contributed by atoms with Crippen molar-refractivity contribution in [3.8, 4) is 0 Å². The molecule has 5 heteroatoms. The molecule has 0 spiro atoms. The second kappa shape index (κ2) is 5.84. The summed E-state index contributed by atoms with van der Waals surface area (Å²) in [7, 11) is 0. The Balaban J connectivity index is 2.41. The fraction of sp³-hybridized carbons (Fsp3) is 0.818. The van der Waals surface area contributed by atoms with E-state index in [0.717, 1.165) is 19.4 Å². The van der Waals surface area contributed by atoms with E-state index in [9.17, 15) is 9.59 Å². The maximum absolute atomic E-state index is 11.7. The normalized spacial score (nSPS) is 22.7. The third-order valence-electron chi connectivity index (χ3n) is 2.81. The first-order chi connectivity index (χ1) is 7.50. The standard InChI is InChI=1S/C11H20N2O3/c1-8(14)6-12-11(16)10-4-3-5-13(7-10)9(2)15/h8,10,14H,3-7H2,1-2H3,(H,12,16). The molecule has 2 amide bonds. The van der Waals surface area contributed by atoms with Gasteiger partial charge >= 0.3 is 0 Å². The van der Waals surface area contributed by atoms with Crippen LogP contribution in [0.3, 0.4) is 0 Å². The highest BCUT2D eigenvalue weighted by molar-refractivity contribution is 5.80. The molecule has 0 aromatic rings. The number of aliphatic hydroxyl groups is 1. The third kappa shape index (κ3) is 3.81. The number of nitrogens with one attached hydrogen (secondary N) is 1. The van der Waals surface area contributed by atoms with Crippen molar-refractivity contribution < 1.29 is 14.7 Å². The van der Waals surface area contributed by atoms with E-state index in [0.29, 0.717) is 6.54 Å². The number of hydrogen-bond acceptors (Lipinski definition) is 3. The molecule has 1 heterocycles. The minimum atomic E-state index is -0.531. The van der Waals surface area contributed by atoms with Crippen molar-refractivity contribution in [3.63, 3.8) is 0 Å². The maximum Gasteiger partial charge on any atom is 0.224 e. The zero-order chi connectivity index (χ0) is 12.1. The molecule has 0 aliphatic carbocycles. The molecule has 1 rings (SSSR count). The summed E-state index contributed by atoms with van der Waals surface area (Å²) < 4.78 is 0. The Hall–Kier alpha value is -1.10. The Morgan fingerprint density at radius 1 is 1.56 bits per heavy atom. The largest absolute Gasteiger partial charge is 0.392 e. The van der Waals surface area contributed by atoms with E-state index in [2.05, 4.69) is 5.32 Å². The number of aliphatic hydroxyl groups excluding tert-OH is 1. The molecule has 2 unspecified atom stereocenters. The predicted molar refractivity (Wildman–Crippen MR) is 59.7 cm³/mol. The number of amides is 2. The lowest BCUT2D eigenvalue weighted by Gasteiger charge is -2.31. The minimum absolute atomic E-state index is 0.0213. The summed E-state index contributed by atoms with van der Waals surface area (Å²) in [6.45, 7) is 4.67. The van der Waals surface area contributed by atoms with Crippen LogP contribution in [0.1, 0.15) is 26.7 Å². The van der Waals surface area contributed by atoms with Gasteiger partial charge in [0.2, 0.25) is 11.8 Å². The quantitative estimate of drug-likeness (QED) is 0.699. The molecule has 0 aromatic heterocycles. The van der Waals surface area contributed by atoms with Crippen LogP contribution in [-0.4, -0.2) is 47.6 Å². The molecule has 2 N–H and O–H groups in total. The van der Waals surface area contributed by atoms with Gasteiger partial charge in [0.25, 0.3) is 0 Å². The van der Waals surface area contributed by atoms with Crippen LogP contribution < -0.4 is 5.32 Å². The Morgan fingerprint density at radius 2 is 2.25 bits per heavy atom. The fourth-order valence-corrected chi connectivity index (χ4v) is 1.87. The predicted octanol–water partition coefficient (Wildman–Crippen LogP) is -0.258. The molecule has 16 heavy (non-hydrogen) atoms. The van der Waals surface area contributed by atoms with Crippen LogP contribution >= 0.6 is 0 Å². The van der Waals surface area contributed by atoms with Gasteiger partial charge in [0, 0.05) is 26.6 Å². The molecule has 1 aliphatic rings. The van der Waals surface area contributed by atoms with E-state index in [1.54, 1.807) is 11.8 Å². The molecule has 92 valence electrons. The van der Waals surface area contributed by atoms with Gasteiger partial charge in [0.1, 0.15) is 0 Å². The van der Waals surface area contributed by atoms with Crippen LogP contribution in [-0.2, 0) is 9.59 Å². The lowest BCUT2D eigenvalue weighted by molar-refractivity contribution is -0.134. The number of rotatable bonds is 3. The Bertz CT molecular complexity index is 266. The second-order valence-corrected chi connectivity index (χ2v) is 4.40. The minimum Gasteiger partial charge on any atom is -0.392 e. The summed E-state index contributed by atoms with van der Waals surface area (Å²) >= 11 is 0. The molecular formula is C11H20N2O3. The number of likely N-dealkylation sites (tertiary alicyclic amines) is 1. The molecule has 1 saturated heterocycles. The van der Waals surface area contributed by atoms with E-state index in [1.165, 1.54) is 6.92 Å². The van der Waals surface area contributed by atoms with Crippen LogP contribution in [0.4, 0.5) is 0 Å². The third-order valence-corrected chi connectivity index (χ3v) is 2.81. The molecule has 2 atom stereocenters. The molecule has 0 saturated carbocycles. The van der Waals surface area contributed by atoms with Gasteiger partial charge in [-0.3, -0.25) is 9.59 Å². The average molecular weight is 228 g/mol. The van der Waals surface area contributed by atoms with Crippen LogP contribution in [0.2, 0.25) is 0 Å². The fourth-order valence-electron chi connectivity index (χ4n) is 1.87. The summed E-state index contributed by atoms with van der Waals surface area (Å²) in [5.74, 6) is -0.170. The summed E-state index contributed by atoms with van der Waals surface area (Å²) in [6.07, 6.45) is 1.15. The first-order valence-electron chi connectivity index (χ1n) is 5.72. The first-order valence-corrected chi connectivity index (χ1v) is 5.72. The van der Waals surface area contributed by atoms with E-state index < -0.39 is 6.10 Å². The van der Waals surface area contributed by atoms with E-state index in [4.69, 9.17) is 5.11 Å². The van der Waals surface area contributed by atoms with Gasteiger partial charge in [0.15, 0.2) is 0 Å². The zero-order valence-corrected chi connectivity index (χ0v) is 9.90. The van der Waals surface area contributed by atoms with Gasteiger partial charge in [-0.05, 0) is 19.8 Å². The van der Waals surface area contributed by atoms with Crippen molar-refractivity contribution in [2.45, 2.75) is 32.8 Å². The number of nitrogens with zero attached hydrogens (tertiary/aromatic N) is 1. The average Bonchev–Trinajstić information content (AvgIpc) is 2.26. The van der Waals surface area contributed by atoms with E-state index >= 15 is 0 Å². The summed E-state index contributed by atoms with van der Waals surface area (Å²) in [4.78, 5) is 24.6. The van der Waals surface area contributed by atoms with Crippen molar-refractivity contribution >= 4 is 11.8 Å². The molecule has 1 aliphatic heterocycles. The lowest BCUT2D eigenvalue weighted by atomic mass is 9.97. The molecular weight excluding hydrogens is 208 g/mol. The van der Waals surface area contributed by atoms with Crippen LogP contribution in [0.5, 0.6) is 0 Å². The van der Waals surface area contributed by atoms with Crippen LogP contribution in [0.25, 0.3) is 0 Å². The molecule has 1 fully saturated rings. The van der Waals surface area contributed by atoms with Crippen molar-refractivity contribution in [2.75, 3.05) is 19.6 Å². The summed E-state index contributed by atoms with van der Waals surface area (Å²) in [5.41, 5.74) is 0. The SMILES string of the molecule is CC(=O)N1CCCC(C(=O)NCC(C)O)C1. The molecule has 0 radical (unpaired) electrons. The Morgan fingerprint density at radius 3 is 2.81 bits per heavy atom. The first kappa shape index (κ1) is 13.0. The van der Waals surface area contributed by atoms with Gasteiger partial charge in [0.05, 0.1) is 12.0 Å². The maximum atomic E-state index is 11.7. The highest BCUT2D eigenvalue weighted by Gasteiger charge is 2.26. The van der Waals surface area contributed by atoms with Gasteiger partial charge < -0.3 is 15.3 Å². The number of carbonyl (C=O) groups is 2. The zero-order valence-electron chi connectivity index (χ0n) is 9.90. The number of hydrogen-bond donors (Lipinski definition) is 2. The monoisotopic (exact) mass is 228 g/mol. The van der Waals surface area contributed by atoms with E-state index in [1.807, 2.05) is 0 Å². The van der Waals surface area contributed by atoms with Crippen molar-refractivity contribution in [1.82, 2.24) is 10.2 Å². The van der Waals surface area contributed by atoms with Gasteiger partial charge in [-0.2, -0.15) is 0 Å². The smallest absolute Gasteiger partial charge is 0.224 e. The number of carbonyl (C=O) groups excluding carboxylic acids is 2. The Kier molecular flexibility index (Phi) is 4.73. The molecule has 0 aromatic carbocycles.